The summed E-state index contributed by atoms with van der Waals surface area (Å²) in [6.07, 6.45) is 1.11. The number of aromatic amines is 1. The molecule has 2 aromatic carbocycles. The lowest BCUT2D eigenvalue weighted by Crippen LogP contribution is -2.29. The van der Waals surface area contributed by atoms with Gasteiger partial charge in [-0.2, -0.15) is 0 Å². The van der Waals surface area contributed by atoms with Crippen LogP contribution in [-0.2, 0) is 19.5 Å². The Hall–Kier alpha value is -1.58. The second-order valence-electron chi connectivity index (χ2n) is 5.72. The number of nitrogens with zero attached hydrogens (tertiary/aromatic N) is 1. The van der Waals surface area contributed by atoms with E-state index in [4.69, 9.17) is 0 Å². The summed E-state index contributed by atoms with van der Waals surface area (Å²) >= 11 is 3.59. The van der Waals surface area contributed by atoms with Crippen molar-refractivity contribution in [1.82, 2.24) is 9.88 Å². The first-order valence-corrected chi connectivity index (χ1v) is 8.14. The Kier molecular flexibility index (Phi) is 3.32. The Balaban J connectivity index is 1.64. The molecule has 106 valence electrons. The summed E-state index contributed by atoms with van der Waals surface area (Å²) in [5.41, 5.74) is 5.52. The number of aromatic nitrogens is 1. The number of hydrogen-bond donors (Lipinski definition) is 1. The second-order valence-corrected chi connectivity index (χ2v) is 6.63. The van der Waals surface area contributed by atoms with E-state index in [0.29, 0.717) is 0 Å². The predicted octanol–water partition coefficient (Wildman–Crippen LogP) is 4.49. The van der Waals surface area contributed by atoms with Gasteiger partial charge in [0.2, 0.25) is 0 Å². The molecule has 0 amide bonds. The molecule has 2 heterocycles. The number of halogens is 1. The first-order valence-electron chi connectivity index (χ1n) is 7.35. The number of hydrogen-bond acceptors (Lipinski definition) is 1. The number of fused-ring (bicyclic) bond motifs is 3. The summed E-state index contributed by atoms with van der Waals surface area (Å²) in [5.74, 6) is 0. The Morgan fingerprint density at radius 1 is 1.10 bits per heavy atom. The maximum absolute atomic E-state index is 3.59. The van der Waals surface area contributed by atoms with Gasteiger partial charge in [0.25, 0.3) is 0 Å². The lowest BCUT2D eigenvalue weighted by molar-refractivity contribution is 0.245. The Labute approximate surface area is 132 Å². The normalized spacial score (nSPS) is 15.3. The minimum Gasteiger partial charge on any atom is -0.358 e. The topological polar surface area (TPSA) is 19.0 Å². The van der Waals surface area contributed by atoms with Crippen LogP contribution in [0, 0.1) is 0 Å². The molecule has 0 aliphatic carbocycles. The fourth-order valence-electron chi connectivity index (χ4n) is 3.22. The highest BCUT2D eigenvalue weighted by atomic mass is 79.9. The fraction of sp³-hybridized carbons (Fsp3) is 0.222. The molecule has 1 aliphatic rings. The molecular formula is C18H17BrN2. The van der Waals surface area contributed by atoms with Gasteiger partial charge in [-0.15, -0.1) is 0 Å². The minimum atomic E-state index is 1.03. The molecule has 1 N–H and O–H groups in total. The third-order valence-electron chi connectivity index (χ3n) is 4.27. The van der Waals surface area contributed by atoms with Crippen molar-refractivity contribution in [2.24, 2.45) is 0 Å². The van der Waals surface area contributed by atoms with Crippen LogP contribution in [0.4, 0.5) is 0 Å². The molecule has 3 aromatic rings. The molecule has 2 nitrogen and oxygen atoms in total. The average molecular weight is 341 g/mol. The molecule has 0 saturated carbocycles. The van der Waals surface area contributed by atoms with Gasteiger partial charge in [0.1, 0.15) is 0 Å². The van der Waals surface area contributed by atoms with Crippen LogP contribution in [-0.4, -0.2) is 16.4 Å². The average Bonchev–Trinajstić information content (AvgIpc) is 2.86. The predicted molar refractivity (Wildman–Crippen MR) is 90.3 cm³/mol. The van der Waals surface area contributed by atoms with E-state index < -0.39 is 0 Å². The van der Waals surface area contributed by atoms with Crippen LogP contribution < -0.4 is 0 Å². The summed E-state index contributed by atoms with van der Waals surface area (Å²) in [6.45, 7) is 3.18. The zero-order valence-electron chi connectivity index (χ0n) is 11.8. The van der Waals surface area contributed by atoms with Gasteiger partial charge in [0.15, 0.2) is 0 Å². The third-order valence-corrected chi connectivity index (χ3v) is 4.76. The number of benzene rings is 2. The Morgan fingerprint density at radius 2 is 1.95 bits per heavy atom. The molecule has 0 radical (unpaired) electrons. The smallest absolute Gasteiger partial charge is 0.0460 e. The van der Waals surface area contributed by atoms with Crippen molar-refractivity contribution in [2.75, 3.05) is 6.54 Å². The van der Waals surface area contributed by atoms with Crippen molar-refractivity contribution < 1.29 is 0 Å². The van der Waals surface area contributed by atoms with E-state index in [1.807, 2.05) is 0 Å². The highest BCUT2D eigenvalue weighted by Gasteiger charge is 2.20. The van der Waals surface area contributed by atoms with E-state index in [2.05, 4.69) is 74.3 Å². The lowest BCUT2D eigenvalue weighted by Gasteiger charge is -2.27. The van der Waals surface area contributed by atoms with Gasteiger partial charge >= 0.3 is 0 Å². The fourth-order valence-corrected chi connectivity index (χ4v) is 3.58. The standard InChI is InChI=1S/C18H17BrN2/c19-14-6-7-17-15(10-14)16-12-21(9-8-18(16)20-17)11-13-4-2-1-3-5-13/h1-7,10,20H,8-9,11-12H2. The molecule has 0 atom stereocenters. The van der Waals surface area contributed by atoms with E-state index >= 15 is 0 Å². The van der Waals surface area contributed by atoms with E-state index in [1.54, 1.807) is 0 Å². The molecule has 21 heavy (non-hydrogen) atoms. The highest BCUT2D eigenvalue weighted by molar-refractivity contribution is 9.10. The van der Waals surface area contributed by atoms with Crippen molar-refractivity contribution in [2.45, 2.75) is 19.5 Å². The van der Waals surface area contributed by atoms with Crippen molar-refractivity contribution in [3.63, 3.8) is 0 Å². The summed E-state index contributed by atoms with van der Waals surface area (Å²) in [6, 6.07) is 17.2. The van der Waals surface area contributed by atoms with Crippen molar-refractivity contribution in [3.8, 4) is 0 Å². The van der Waals surface area contributed by atoms with E-state index in [-0.39, 0.29) is 0 Å². The first kappa shape index (κ1) is 13.1. The SMILES string of the molecule is Brc1ccc2[nH]c3c(c2c1)CN(Cc1ccccc1)CC3. The molecule has 1 aliphatic heterocycles. The molecular weight excluding hydrogens is 324 g/mol. The first-order chi connectivity index (χ1) is 10.3. The maximum Gasteiger partial charge on any atom is 0.0460 e. The van der Waals surface area contributed by atoms with Crippen LogP contribution >= 0.6 is 15.9 Å². The van der Waals surface area contributed by atoms with Crippen LogP contribution in [0.5, 0.6) is 0 Å². The molecule has 1 aromatic heterocycles. The third kappa shape index (κ3) is 2.52. The molecule has 3 heteroatoms. The quantitative estimate of drug-likeness (QED) is 0.728. The molecule has 4 rings (SSSR count). The van der Waals surface area contributed by atoms with Crippen molar-refractivity contribution >= 4 is 26.8 Å². The van der Waals surface area contributed by atoms with Crippen LogP contribution in [0.2, 0.25) is 0 Å². The van der Waals surface area contributed by atoms with Crippen LogP contribution in [0.3, 0.4) is 0 Å². The van der Waals surface area contributed by atoms with Gasteiger partial charge in [0.05, 0.1) is 0 Å². The Morgan fingerprint density at radius 3 is 2.81 bits per heavy atom. The highest BCUT2D eigenvalue weighted by Crippen LogP contribution is 2.30. The summed E-state index contributed by atoms with van der Waals surface area (Å²) in [4.78, 5) is 6.11. The minimum absolute atomic E-state index is 1.03. The number of rotatable bonds is 2. The van der Waals surface area contributed by atoms with Gasteiger partial charge in [-0.25, -0.2) is 0 Å². The molecule has 0 spiro atoms. The van der Waals surface area contributed by atoms with Crippen molar-refractivity contribution in [1.29, 1.82) is 0 Å². The van der Waals surface area contributed by atoms with Gasteiger partial charge in [-0.3, -0.25) is 4.90 Å². The summed E-state index contributed by atoms with van der Waals surface area (Å²) < 4.78 is 1.15. The maximum atomic E-state index is 3.59. The van der Waals surface area contributed by atoms with E-state index in [1.165, 1.54) is 27.7 Å². The molecule has 0 fully saturated rings. The second kappa shape index (κ2) is 5.32. The van der Waals surface area contributed by atoms with Gasteiger partial charge in [0, 0.05) is 47.1 Å². The van der Waals surface area contributed by atoms with Crippen molar-refractivity contribution in [3.05, 3.63) is 69.8 Å². The van der Waals surface area contributed by atoms with E-state index in [9.17, 15) is 0 Å². The molecule has 0 unspecified atom stereocenters. The largest absolute Gasteiger partial charge is 0.358 e. The molecule has 0 saturated heterocycles. The monoisotopic (exact) mass is 340 g/mol. The zero-order chi connectivity index (χ0) is 14.2. The summed E-state index contributed by atoms with van der Waals surface area (Å²) in [7, 11) is 0. The lowest BCUT2D eigenvalue weighted by atomic mass is 10.0. The van der Waals surface area contributed by atoms with Gasteiger partial charge in [-0.05, 0) is 29.3 Å². The van der Waals surface area contributed by atoms with Gasteiger partial charge < -0.3 is 4.98 Å². The van der Waals surface area contributed by atoms with Gasteiger partial charge in [-0.1, -0.05) is 46.3 Å². The van der Waals surface area contributed by atoms with Crippen LogP contribution in [0.15, 0.2) is 53.0 Å². The van der Waals surface area contributed by atoms with Crippen LogP contribution in [0.1, 0.15) is 16.8 Å². The number of H-pyrrole nitrogens is 1. The molecule has 0 bridgehead atoms. The van der Waals surface area contributed by atoms with E-state index in [0.717, 1.165) is 30.5 Å². The summed E-state index contributed by atoms with van der Waals surface area (Å²) in [5, 5.41) is 1.36. The zero-order valence-corrected chi connectivity index (χ0v) is 13.4. The van der Waals surface area contributed by atoms with Crippen LogP contribution in [0.25, 0.3) is 10.9 Å². The number of nitrogens with one attached hydrogen (secondary N) is 1. The Bertz CT molecular complexity index is 777.